The molecule has 1 N–H and O–H groups in total. The zero-order valence-corrected chi connectivity index (χ0v) is 20.2. The lowest BCUT2D eigenvalue weighted by molar-refractivity contribution is -0.134. The molecule has 6 rings (SSSR count). The van der Waals surface area contributed by atoms with Crippen molar-refractivity contribution in [1.82, 2.24) is 24.9 Å². The summed E-state index contributed by atoms with van der Waals surface area (Å²) in [6, 6.07) is 10.1. The highest BCUT2D eigenvalue weighted by atomic mass is 16.2. The Morgan fingerprint density at radius 2 is 1.83 bits per heavy atom. The third-order valence-electron chi connectivity index (χ3n) is 8.49. The second-order valence-corrected chi connectivity index (χ2v) is 10.7. The Morgan fingerprint density at radius 3 is 2.60 bits per heavy atom. The van der Waals surface area contributed by atoms with Crippen molar-refractivity contribution < 1.29 is 14.4 Å². The molecular weight excluding hydrogens is 442 g/mol. The Bertz CT molecular complexity index is 1150. The van der Waals surface area contributed by atoms with Gasteiger partial charge in [0.1, 0.15) is 0 Å². The summed E-state index contributed by atoms with van der Waals surface area (Å²) in [6.45, 7) is 2.64. The highest BCUT2D eigenvalue weighted by Crippen LogP contribution is 2.62. The van der Waals surface area contributed by atoms with E-state index < -0.39 is 0 Å². The first-order chi connectivity index (χ1) is 17.0. The van der Waals surface area contributed by atoms with Gasteiger partial charge in [-0.25, -0.2) is 0 Å². The van der Waals surface area contributed by atoms with Crippen molar-refractivity contribution in [2.24, 2.45) is 11.3 Å². The molecule has 1 saturated heterocycles. The van der Waals surface area contributed by atoms with E-state index in [1.807, 2.05) is 27.8 Å². The largest absolute Gasteiger partial charge is 0.353 e. The molecule has 1 atom stereocenters. The van der Waals surface area contributed by atoms with Crippen molar-refractivity contribution in [3.63, 3.8) is 0 Å². The smallest absolute Gasteiger partial charge is 0.275 e. The predicted octanol–water partition coefficient (Wildman–Crippen LogP) is 2.36. The number of piperazine rings is 1. The number of nitrogens with zero attached hydrogens (tertiary/aromatic N) is 4. The molecule has 2 aliphatic heterocycles. The molecule has 35 heavy (non-hydrogen) atoms. The van der Waals surface area contributed by atoms with Crippen molar-refractivity contribution in [2.45, 2.75) is 58.0 Å². The van der Waals surface area contributed by atoms with Gasteiger partial charge in [-0.05, 0) is 30.2 Å². The second kappa shape index (κ2) is 8.81. The van der Waals surface area contributed by atoms with Gasteiger partial charge in [0, 0.05) is 49.8 Å². The van der Waals surface area contributed by atoms with Gasteiger partial charge in [0.05, 0.1) is 13.1 Å². The van der Waals surface area contributed by atoms with E-state index in [0.717, 1.165) is 23.2 Å². The Balaban J connectivity index is 1.28. The van der Waals surface area contributed by atoms with E-state index in [1.54, 1.807) is 4.90 Å². The molecule has 3 amide bonds. The average Bonchev–Trinajstić information content (AvgIpc) is 3.46. The summed E-state index contributed by atoms with van der Waals surface area (Å²) < 4.78 is 1.93. The fraction of sp³-hybridized carbons (Fsp3) is 0.556. The fourth-order valence-corrected chi connectivity index (χ4v) is 6.43. The monoisotopic (exact) mass is 475 g/mol. The lowest BCUT2D eigenvalue weighted by Crippen LogP contribution is -2.50. The molecule has 2 saturated carbocycles. The maximum absolute atomic E-state index is 13.5. The van der Waals surface area contributed by atoms with Gasteiger partial charge < -0.3 is 15.1 Å². The van der Waals surface area contributed by atoms with Crippen molar-refractivity contribution >= 4 is 17.7 Å². The summed E-state index contributed by atoms with van der Waals surface area (Å²) in [5.74, 6) is 0.0376. The van der Waals surface area contributed by atoms with Crippen LogP contribution < -0.4 is 5.32 Å². The first-order valence-electron chi connectivity index (χ1n) is 13.0. The summed E-state index contributed by atoms with van der Waals surface area (Å²) in [5.41, 5.74) is 3.64. The van der Waals surface area contributed by atoms with Gasteiger partial charge in [-0.1, -0.05) is 49.6 Å². The summed E-state index contributed by atoms with van der Waals surface area (Å²) in [4.78, 5) is 42.5. The van der Waals surface area contributed by atoms with Crippen LogP contribution in [0.2, 0.25) is 0 Å². The lowest BCUT2D eigenvalue weighted by Gasteiger charge is -2.31. The lowest BCUT2D eigenvalue weighted by atomic mass is 9.84. The number of fused-ring (bicyclic) bond motifs is 1. The molecule has 8 heteroatoms. The zero-order chi connectivity index (χ0) is 24.0. The van der Waals surface area contributed by atoms with Gasteiger partial charge in [0.25, 0.3) is 5.91 Å². The average molecular weight is 476 g/mol. The van der Waals surface area contributed by atoms with E-state index >= 15 is 0 Å². The SMILES string of the molecule is O=C1CN(C(=O)c2nn(Cc3ccccc3)c3c2CN(C(=O)C2CC24CCCCC4)CC3)CCN1. The highest BCUT2D eigenvalue weighted by molar-refractivity contribution is 5.97. The first-order valence-corrected chi connectivity index (χ1v) is 13.0. The third-order valence-corrected chi connectivity index (χ3v) is 8.49. The van der Waals surface area contributed by atoms with Crippen LogP contribution in [0.15, 0.2) is 30.3 Å². The molecule has 2 aliphatic carbocycles. The number of nitrogens with one attached hydrogen (secondary N) is 1. The normalized spacial score (nSPS) is 23.1. The Labute approximate surface area is 205 Å². The molecule has 2 aromatic rings. The van der Waals surface area contributed by atoms with Gasteiger partial charge in [-0.15, -0.1) is 0 Å². The second-order valence-electron chi connectivity index (χ2n) is 10.7. The van der Waals surface area contributed by atoms with Gasteiger partial charge >= 0.3 is 0 Å². The number of carbonyl (C=O) groups is 3. The standard InChI is InChI=1S/C27H33N5O3/c33-23-18-31(14-12-28-23)26(35)24-20-17-30(25(34)21-15-27(21)10-5-2-6-11-27)13-9-22(20)32(29-24)16-19-7-3-1-4-8-19/h1,3-4,7-8,21H,2,5-6,9-18H2,(H,28,33). The van der Waals surface area contributed by atoms with E-state index in [2.05, 4.69) is 17.4 Å². The first kappa shape index (κ1) is 22.3. The van der Waals surface area contributed by atoms with Gasteiger partial charge in [0.15, 0.2) is 5.69 Å². The van der Waals surface area contributed by atoms with Crippen molar-refractivity contribution in [2.75, 3.05) is 26.2 Å². The molecule has 8 nitrogen and oxygen atoms in total. The third kappa shape index (κ3) is 4.13. The minimum Gasteiger partial charge on any atom is -0.353 e. The fourth-order valence-electron chi connectivity index (χ4n) is 6.43. The Hall–Kier alpha value is -3.16. The molecule has 184 valence electrons. The van der Waals surface area contributed by atoms with E-state index in [0.29, 0.717) is 44.8 Å². The van der Waals surface area contributed by atoms with Crippen LogP contribution in [-0.2, 0) is 29.1 Å². The van der Waals surface area contributed by atoms with Crippen molar-refractivity contribution in [3.8, 4) is 0 Å². The van der Waals surface area contributed by atoms with E-state index in [4.69, 9.17) is 5.10 Å². The molecule has 3 heterocycles. The summed E-state index contributed by atoms with van der Waals surface area (Å²) in [6.07, 6.45) is 7.84. The Kier molecular flexibility index (Phi) is 5.61. The maximum atomic E-state index is 13.5. The van der Waals surface area contributed by atoms with Crippen LogP contribution in [0.1, 0.15) is 65.8 Å². The molecule has 1 aromatic carbocycles. The topological polar surface area (TPSA) is 87.5 Å². The van der Waals surface area contributed by atoms with Crippen LogP contribution in [0.25, 0.3) is 0 Å². The van der Waals surface area contributed by atoms with Crippen LogP contribution in [0.5, 0.6) is 0 Å². The van der Waals surface area contributed by atoms with E-state index in [-0.39, 0.29) is 35.6 Å². The quantitative estimate of drug-likeness (QED) is 0.736. The molecular formula is C27H33N5O3. The van der Waals surface area contributed by atoms with Crippen LogP contribution >= 0.6 is 0 Å². The van der Waals surface area contributed by atoms with Gasteiger partial charge in [-0.2, -0.15) is 5.10 Å². The number of hydrogen-bond donors (Lipinski definition) is 1. The van der Waals surface area contributed by atoms with Gasteiger partial charge in [-0.3, -0.25) is 19.1 Å². The maximum Gasteiger partial charge on any atom is 0.275 e. The minimum absolute atomic E-state index is 0.0480. The van der Waals surface area contributed by atoms with E-state index in [1.165, 1.54) is 32.1 Å². The minimum atomic E-state index is -0.215. The summed E-state index contributed by atoms with van der Waals surface area (Å²) in [5, 5.41) is 7.56. The van der Waals surface area contributed by atoms with Crippen molar-refractivity contribution in [1.29, 1.82) is 0 Å². The van der Waals surface area contributed by atoms with Crippen LogP contribution in [-0.4, -0.2) is 63.5 Å². The number of hydrogen-bond acceptors (Lipinski definition) is 4. The number of rotatable bonds is 4. The molecule has 4 aliphatic rings. The number of benzene rings is 1. The molecule has 0 bridgehead atoms. The molecule has 1 aromatic heterocycles. The van der Waals surface area contributed by atoms with E-state index in [9.17, 15) is 14.4 Å². The highest BCUT2D eigenvalue weighted by Gasteiger charge is 2.58. The van der Waals surface area contributed by atoms with Crippen LogP contribution in [0, 0.1) is 11.3 Å². The number of carbonyl (C=O) groups excluding carboxylic acids is 3. The predicted molar refractivity (Wildman–Crippen MR) is 129 cm³/mol. The zero-order valence-electron chi connectivity index (χ0n) is 20.2. The Morgan fingerprint density at radius 1 is 1.03 bits per heavy atom. The molecule has 0 radical (unpaired) electrons. The van der Waals surface area contributed by atoms with Crippen LogP contribution in [0.3, 0.4) is 0 Å². The molecule has 1 unspecified atom stereocenters. The molecule has 1 spiro atoms. The van der Waals surface area contributed by atoms with Gasteiger partial charge in [0.2, 0.25) is 11.8 Å². The number of aromatic nitrogens is 2. The molecule has 3 fully saturated rings. The summed E-state index contributed by atoms with van der Waals surface area (Å²) >= 11 is 0. The summed E-state index contributed by atoms with van der Waals surface area (Å²) in [7, 11) is 0. The van der Waals surface area contributed by atoms with Crippen molar-refractivity contribution in [3.05, 3.63) is 52.8 Å². The number of amides is 3. The van der Waals surface area contributed by atoms with Crippen LogP contribution in [0.4, 0.5) is 0 Å².